The molecule has 0 aromatic heterocycles. The van der Waals surface area contributed by atoms with E-state index in [-0.39, 0.29) is 17.9 Å². The first kappa shape index (κ1) is 10.7. The van der Waals surface area contributed by atoms with Crippen LogP contribution >= 0.6 is 0 Å². The van der Waals surface area contributed by atoms with Gasteiger partial charge in [0.25, 0.3) is 0 Å². The van der Waals surface area contributed by atoms with Crippen molar-refractivity contribution in [3.63, 3.8) is 0 Å². The second kappa shape index (κ2) is 4.20. The Morgan fingerprint density at radius 3 is 2.46 bits per heavy atom. The Balaban J connectivity index is 2.69. The molecule has 0 aliphatic carbocycles. The Kier molecular flexibility index (Phi) is 3.45. The van der Waals surface area contributed by atoms with Crippen LogP contribution in [0.2, 0.25) is 0 Å². The second-order valence-electron chi connectivity index (χ2n) is 4.12. The van der Waals surface area contributed by atoms with Gasteiger partial charge in [0.05, 0.1) is 12.1 Å². The zero-order valence-electron chi connectivity index (χ0n) is 8.91. The molecule has 3 nitrogen and oxygen atoms in total. The number of carbonyl (C=O) groups is 1. The summed E-state index contributed by atoms with van der Waals surface area (Å²) in [4.78, 5) is 13.3. The summed E-state index contributed by atoms with van der Waals surface area (Å²) in [5, 5.41) is 0. The smallest absolute Gasteiger partial charge is 0.149 e. The van der Waals surface area contributed by atoms with Crippen LogP contribution in [0, 0.1) is 5.92 Å². The van der Waals surface area contributed by atoms with Crippen LogP contribution in [0.25, 0.3) is 0 Å². The van der Waals surface area contributed by atoms with E-state index in [1.165, 1.54) is 0 Å². The average Bonchev–Trinajstić information content (AvgIpc) is 2.35. The predicted octanol–water partition coefficient (Wildman–Crippen LogP) is 0.931. The van der Waals surface area contributed by atoms with Gasteiger partial charge in [-0.1, -0.05) is 6.92 Å². The molecule has 0 N–H and O–H groups in total. The molecular weight excluding hydrogens is 166 g/mol. The number of carbonyl (C=O) groups excluding carboxylic acids is 1. The number of likely N-dealkylation sites (N-methyl/N-ethyl adjacent to an activating group) is 1. The first-order valence-corrected chi connectivity index (χ1v) is 4.82. The molecule has 1 heterocycles. The molecule has 0 saturated carbocycles. The minimum absolute atomic E-state index is 0.0718. The molecule has 1 rings (SSSR count). The van der Waals surface area contributed by atoms with Crippen molar-refractivity contribution >= 4 is 5.78 Å². The molecular formula is C10H19NO2. The highest BCUT2D eigenvalue weighted by Crippen LogP contribution is 2.25. The van der Waals surface area contributed by atoms with Crippen LogP contribution in [-0.2, 0) is 9.53 Å². The standard InChI is InChI=1S/C10H19NO2/c1-7-5-6-13-10(7)9(8(2)12)11(3)4/h7,9-10H,5-6H2,1-4H3/t7-,9-,10-/m1/s1. The highest BCUT2D eigenvalue weighted by Gasteiger charge is 2.35. The van der Waals surface area contributed by atoms with Gasteiger partial charge in [0, 0.05) is 6.61 Å². The van der Waals surface area contributed by atoms with Gasteiger partial charge in [-0.05, 0) is 33.4 Å². The molecule has 0 spiro atoms. The lowest BCUT2D eigenvalue weighted by Gasteiger charge is -2.29. The van der Waals surface area contributed by atoms with E-state index in [0.29, 0.717) is 5.92 Å². The molecule has 13 heavy (non-hydrogen) atoms. The van der Waals surface area contributed by atoms with Gasteiger partial charge in [-0.15, -0.1) is 0 Å². The van der Waals surface area contributed by atoms with E-state index in [1.807, 2.05) is 19.0 Å². The summed E-state index contributed by atoms with van der Waals surface area (Å²) in [5.41, 5.74) is 0. The fourth-order valence-corrected chi connectivity index (χ4v) is 2.01. The molecule has 1 fully saturated rings. The summed E-state index contributed by atoms with van der Waals surface area (Å²) in [6.45, 7) is 4.58. The lowest BCUT2D eigenvalue weighted by Crippen LogP contribution is -2.46. The monoisotopic (exact) mass is 185 g/mol. The highest BCUT2D eigenvalue weighted by molar-refractivity contribution is 5.82. The van der Waals surface area contributed by atoms with Crippen LogP contribution in [0.4, 0.5) is 0 Å². The molecule has 1 saturated heterocycles. The van der Waals surface area contributed by atoms with E-state index >= 15 is 0 Å². The largest absolute Gasteiger partial charge is 0.376 e. The molecule has 0 aromatic carbocycles. The Morgan fingerprint density at radius 1 is 1.54 bits per heavy atom. The van der Waals surface area contributed by atoms with Crippen molar-refractivity contribution in [1.29, 1.82) is 0 Å². The number of ketones is 1. The van der Waals surface area contributed by atoms with E-state index in [0.717, 1.165) is 13.0 Å². The van der Waals surface area contributed by atoms with Gasteiger partial charge in [-0.3, -0.25) is 9.69 Å². The summed E-state index contributed by atoms with van der Waals surface area (Å²) in [7, 11) is 3.86. The fraction of sp³-hybridized carbons (Fsp3) is 0.900. The zero-order chi connectivity index (χ0) is 10.0. The van der Waals surface area contributed by atoms with Crippen LogP contribution in [0.15, 0.2) is 0 Å². The molecule has 0 aromatic rings. The maximum absolute atomic E-state index is 11.4. The minimum Gasteiger partial charge on any atom is -0.376 e. The third-order valence-electron chi connectivity index (χ3n) is 2.73. The summed E-state index contributed by atoms with van der Waals surface area (Å²) in [6, 6.07) is -0.0718. The van der Waals surface area contributed by atoms with Crippen LogP contribution < -0.4 is 0 Å². The molecule has 3 atom stereocenters. The number of hydrogen-bond donors (Lipinski definition) is 0. The van der Waals surface area contributed by atoms with Crippen molar-refractivity contribution in [2.24, 2.45) is 5.92 Å². The van der Waals surface area contributed by atoms with Gasteiger partial charge >= 0.3 is 0 Å². The van der Waals surface area contributed by atoms with Crippen molar-refractivity contribution in [2.45, 2.75) is 32.4 Å². The molecule has 76 valence electrons. The minimum atomic E-state index is -0.0718. The van der Waals surface area contributed by atoms with Crippen molar-refractivity contribution < 1.29 is 9.53 Å². The fourth-order valence-electron chi connectivity index (χ4n) is 2.01. The maximum Gasteiger partial charge on any atom is 0.149 e. The van der Waals surface area contributed by atoms with Gasteiger partial charge < -0.3 is 4.74 Å². The molecule has 1 aliphatic heterocycles. The normalized spacial score (nSPS) is 30.8. The Bertz CT molecular complexity index is 191. The van der Waals surface area contributed by atoms with E-state index in [9.17, 15) is 4.79 Å². The van der Waals surface area contributed by atoms with Crippen LogP contribution in [0.5, 0.6) is 0 Å². The SMILES string of the molecule is CC(=O)[C@H]([C@@H]1OCC[C@H]1C)N(C)C. The van der Waals surface area contributed by atoms with Crippen LogP contribution in [0.1, 0.15) is 20.3 Å². The van der Waals surface area contributed by atoms with Crippen molar-refractivity contribution in [1.82, 2.24) is 4.90 Å². The molecule has 1 aliphatic rings. The molecule has 0 amide bonds. The lowest BCUT2D eigenvalue weighted by molar-refractivity contribution is -0.126. The van der Waals surface area contributed by atoms with Crippen molar-refractivity contribution in [2.75, 3.05) is 20.7 Å². The van der Waals surface area contributed by atoms with Gasteiger partial charge in [-0.25, -0.2) is 0 Å². The third-order valence-corrected chi connectivity index (χ3v) is 2.73. The van der Waals surface area contributed by atoms with Gasteiger partial charge in [0.1, 0.15) is 5.78 Å². The van der Waals surface area contributed by atoms with Gasteiger partial charge in [-0.2, -0.15) is 0 Å². The first-order valence-electron chi connectivity index (χ1n) is 4.82. The molecule has 0 radical (unpaired) electrons. The predicted molar refractivity (Wildman–Crippen MR) is 51.7 cm³/mol. The Labute approximate surface area is 80.1 Å². The molecule has 3 heteroatoms. The van der Waals surface area contributed by atoms with Crippen molar-refractivity contribution in [3.8, 4) is 0 Å². The Hall–Kier alpha value is -0.410. The topological polar surface area (TPSA) is 29.5 Å². The average molecular weight is 185 g/mol. The van der Waals surface area contributed by atoms with E-state index < -0.39 is 0 Å². The summed E-state index contributed by atoms with van der Waals surface area (Å²) in [6.07, 6.45) is 1.16. The number of Topliss-reactive ketones (excluding diaryl/α,β-unsaturated/α-hetero) is 1. The number of rotatable bonds is 3. The van der Waals surface area contributed by atoms with Crippen molar-refractivity contribution in [3.05, 3.63) is 0 Å². The van der Waals surface area contributed by atoms with Gasteiger partial charge in [0.2, 0.25) is 0 Å². The lowest BCUT2D eigenvalue weighted by atomic mass is 9.95. The highest BCUT2D eigenvalue weighted by atomic mass is 16.5. The van der Waals surface area contributed by atoms with Crippen LogP contribution in [-0.4, -0.2) is 43.5 Å². The van der Waals surface area contributed by atoms with Gasteiger partial charge in [0.15, 0.2) is 0 Å². The quantitative estimate of drug-likeness (QED) is 0.655. The maximum atomic E-state index is 11.4. The summed E-state index contributed by atoms with van der Waals surface area (Å²) < 4.78 is 5.59. The van der Waals surface area contributed by atoms with E-state index in [2.05, 4.69) is 6.92 Å². The second-order valence-corrected chi connectivity index (χ2v) is 4.12. The van der Waals surface area contributed by atoms with E-state index in [4.69, 9.17) is 4.74 Å². The van der Waals surface area contributed by atoms with Crippen LogP contribution in [0.3, 0.4) is 0 Å². The summed E-state index contributed by atoms with van der Waals surface area (Å²) >= 11 is 0. The number of nitrogens with zero attached hydrogens (tertiary/aromatic N) is 1. The number of ether oxygens (including phenoxy) is 1. The molecule has 0 bridgehead atoms. The summed E-state index contributed by atoms with van der Waals surface area (Å²) in [5.74, 6) is 0.694. The Morgan fingerprint density at radius 2 is 2.15 bits per heavy atom. The first-order chi connectivity index (χ1) is 6.04. The number of hydrogen-bond acceptors (Lipinski definition) is 3. The van der Waals surface area contributed by atoms with E-state index in [1.54, 1.807) is 6.92 Å². The third kappa shape index (κ3) is 2.29. The zero-order valence-corrected chi connectivity index (χ0v) is 8.91. The molecule has 0 unspecified atom stereocenters.